The van der Waals surface area contributed by atoms with E-state index in [0.29, 0.717) is 5.39 Å². The predicted octanol–water partition coefficient (Wildman–Crippen LogP) is 1.86. The van der Waals surface area contributed by atoms with Crippen molar-refractivity contribution >= 4 is 10.9 Å². The van der Waals surface area contributed by atoms with Crippen LogP contribution in [0.4, 0.5) is 0 Å². The molecule has 0 saturated heterocycles. The lowest BCUT2D eigenvalue weighted by Gasteiger charge is -2.07. The smallest absolute Gasteiger partial charge is 0.261 e. The van der Waals surface area contributed by atoms with Crippen LogP contribution in [-0.2, 0) is 7.05 Å². The predicted molar refractivity (Wildman–Crippen MR) is 61.2 cm³/mol. The molecule has 3 nitrogen and oxygen atoms in total. The van der Waals surface area contributed by atoms with E-state index in [2.05, 4.69) is 4.98 Å². The first-order valence-corrected chi connectivity index (χ1v) is 4.95. The Labute approximate surface area is 88.4 Å². The van der Waals surface area contributed by atoms with E-state index >= 15 is 0 Å². The molecule has 2 rings (SSSR count). The van der Waals surface area contributed by atoms with Gasteiger partial charge >= 0.3 is 0 Å². The van der Waals surface area contributed by atoms with Gasteiger partial charge in [0, 0.05) is 7.05 Å². The van der Waals surface area contributed by atoms with Gasteiger partial charge in [0.2, 0.25) is 0 Å². The Bertz CT molecular complexity index is 597. The molecule has 3 heteroatoms. The van der Waals surface area contributed by atoms with Crippen LogP contribution in [0.25, 0.3) is 10.9 Å². The van der Waals surface area contributed by atoms with E-state index in [-0.39, 0.29) is 5.56 Å². The molecular formula is C12H14N2O. The molecule has 1 heterocycles. The zero-order chi connectivity index (χ0) is 11.2. The van der Waals surface area contributed by atoms with Crippen LogP contribution in [0, 0.1) is 20.8 Å². The molecule has 0 N–H and O–H groups in total. The number of fused-ring (bicyclic) bond motifs is 1. The summed E-state index contributed by atoms with van der Waals surface area (Å²) in [7, 11) is 1.75. The van der Waals surface area contributed by atoms with Crippen LogP contribution in [0.3, 0.4) is 0 Å². The minimum Gasteiger partial charge on any atom is -0.299 e. The summed E-state index contributed by atoms with van der Waals surface area (Å²) < 4.78 is 1.58. The van der Waals surface area contributed by atoms with Gasteiger partial charge in [-0.1, -0.05) is 6.07 Å². The van der Waals surface area contributed by atoms with Gasteiger partial charge < -0.3 is 0 Å². The van der Waals surface area contributed by atoms with Gasteiger partial charge in [0.15, 0.2) is 0 Å². The van der Waals surface area contributed by atoms with Gasteiger partial charge in [-0.3, -0.25) is 9.36 Å². The monoisotopic (exact) mass is 202 g/mol. The summed E-state index contributed by atoms with van der Waals surface area (Å²) in [6, 6.07) is 3.95. The van der Waals surface area contributed by atoms with Crippen molar-refractivity contribution in [3.8, 4) is 0 Å². The van der Waals surface area contributed by atoms with Crippen molar-refractivity contribution in [2.75, 3.05) is 0 Å². The van der Waals surface area contributed by atoms with Crippen LogP contribution in [0.2, 0.25) is 0 Å². The fourth-order valence-corrected chi connectivity index (χ4v) is 1.84. The van der Waals surface area contributed by atoms with E-state index in [1.54, 1.807) is 11.6 Å². The summed E-state index contributed by atoms with van der Waals surface area (Å²) in [5.41, 5.74) is 3.01. The van der Waals surface area contributed by atoms with Gasteiger partial charge in [-0.2, -0.15) is 0 Å². The highest BCUT2D eigenvalue weighted by Crippen LogP contribution is 2.15. The van der Waals surface area contributed by atoms with Gasteiger partial charge in [0.1, 0.15) is 5.82 Å². The third-order valence-corrected chi connectivity index (χ3v) is 2.74. The third-order valence-electron chi connectivity index (χ3n) is 2.74. The van der Waals surface area contributed by atoms with Crippen molar-refractivity contribution in [3.05, 3.63) is 39.4 Å². The second kappa shape index (κ2) is 3.19. The quantitative estimate of drug-likeness (QED) is 0.653. The van der Waals surface area contributed by atoms with Gasteiger partial charge in [0.05, 0.1) is 10.9 Å². The Kier molecular flexibility index (Phi) is 2.11. The summed E-state index contributed by atoms with van der Waals surface area (Å²) >= 11 is 0. The lowest BCUT2D eigenvalue weighted by Crippen LogP contribution is -2.20. The normalized spacial score (nSPS) is 10.9. The maximum atomic E-state index is 12.0. The van der Waals surface area contributed by atoms with Crippen LogP contribution in [0.5, 0.6) is 0 Å². The molecule has 0 amide bonds. The average Bonchev–Trinajstić information content (AvgIpc) is 2.17. The van der Waals surface area contributed by atoms with Crippen LogP contribution >= 0.6 is 0 Å². The van der Waals surface area contributed by atoms with Gasteiger partial charge in [-0.25, -0.2) is 4.98 Å². The Hall–Kier alpha value is -1.64. The van der Waals surface area contributed by atoms with Crippen molar-refractivity contribution in [2.24, 2.45) is 7.05 Å². The second-order valence-corrected chi connectivity index (χ2v) is 4.00. The standard InChI is InChI=1S/C12H14N2O/c1-7-5-8(2)11-10(6-7)12(15)14(4)9(3)13-11/h5-6H,1-4H3. The maximum absolute atomic E-state index is 12.0. The fourth-order valence-electron chi connectivity index (χ4n) is 1.84. The molecule has 0 aliphatic rings. The first-order valence-electron chi connectivity index (χ1n) is 4.95. The number of rotatable bonds is 0. The van der Waals surface area contributed by atoms with Crippen LogP contribution < -0.4 is 5.56 Å². The molecule has 0 bridgehead atoms. The number of hydrogen-bond acceptors (Lipinski definition) is 2. The van der Waals surface area contributed by atoms with Gasteiger partial charge in [-0.05, 0) is 38.0 Å². The second-order valence-electron chi connectivity index (χ2n) is 4.00. The highest BCUT2D eigenvalue weighted by atomic mass is 16.1. The Morgan fingerprint density at radius 3 is 2.53 bits per heavy atom. The molecule has 0 aliphatic carbocycles. The Morgan fingerprint density at radius 1 is 1.20 bits per heavy atom. The van der Waals surface area contributed by atoms with E-state index in [1.165, 1.54) is 0 Å². The zero-order valence-corrected chi connectivity index (χ0v) is 9.46. The molecule has 0 fully saturated rings. The number of hydrogen-bond donors (Lipinski definition) is 0. The number of benzene rings is 1. The number of aromatic nitrogens is 2. The molecule has 0 aliphatic heterocycles. The Balaban J connectivity index is 3.06. The van der Waals surface area contributed by atoms with Crippen molar-refractivity contribution in [1.29, 1.82) is 0 Å². The minimum atomic E-state index is 0.0318. The van der Waals surface area contributed by atoms with E-state index in [0.717, 1.165) is 22.5 Å². The molecule has 0 atom stereocenters. The van der Waals surface area contributed by atoms with Crippen molar-refractivity contribution in [3.63, 3.8) is 0 Å². The van der Waals surface area contributed by atoms with Crippen LogP contribution in [0.1, 0.15) is 17.0 Å². The first kappa shape index (κ1) is 9.90. The van der Waals surface area contributed by atoms with Crippen molar-refractivity contribution in [1.82, 2.24) is 9.55 Å². The third kappa shape index (κ3) is 1.44. The summed E-state index contributed by atoms with van der Waals surface area (Å²) in [6.45, 7) is 5.83. The zero-order valence-electron chi connectivity index (χ0n) is 9.46. The molecule has 0 saturated carbocycles. The van der Waals surface area contributed by atoms with E-state index < -0.39 is 0 Å². The summed E-state index contributed by atoms with van der Waals surface area (Å²) in [6.07, 6.45) is 0. The minimum absolute atomic E-state index is 0.0318. The largest absolute Gasteiger partial charge is 0.299 e. The van der Waals surface area contributed by atoms with Crippen molar-refractivity contribution in [2.45, 2.75) is 20.8 Å². The fraction of sp³-hybridized carbons (Fsp3) is 0.333. The van der Waals surface area contributed by atoms with Gasteiger partial charge in [0.25, 0.3) is 5.56 Å². The molecule has 1 aromatic carbocycles. The van der Waals surface area contributed by atoms with Crippen LogP contribution in [0.15, 0.2) is 16.9 Å². The first-order chi connectivity index (χ1) is 7.00. The Morgan fingerprint density at radius 2 is 1.87 bits per heavy atom. The maximum Gasteiger partial charge on any atom is 0.261 e. The molecule has 2 aromatic rings. The highest BCUT2D eigenvalue weighted by Gasteiger charge is 2.07. The van der Waals surface area contributed by atoms with E-state index in [4.69, 9.17) is 0 Å². The molecule has 15 heavy (non-hydrogen) atoms. The van der Waals surface area contributed by atoms with Crippen molar-refractivity contribution < 1.29 is 0 Å². The SMILES string of the molecule is Cc1cc(C)c2nc(C)n(C)c(=O)c2c1. The molecule has 1 aromatic heterocycles. The lowest BCUT2D eigenvalue weighted by molar-refractivity contribution is 0.791. The molecule has 0 unspecified atom stereocenters. The topological polar surface area (TPSA) is 34.9 Å². The van der Waals surface area contributed by atoms with Gasteiger partial charge in [-0.15, -0.1) is 0 Å². The lowest BCUT2D eigenvalue weighted by atomic mass is 10.1. The van der Waals surface area contributed by atoms with E-state index in [1.807, 2.05) is 32.9 Å². The molecular weight excluding hydrogens is 188 g/mol. The summed E-state index contributed by atoms with van der Waals surface area (Å²) in [4.78, 5) is 16.4. The summed E-state index contributed by atoms with van der Waals surface area (Å²) in [5, 5.41) is 0.709. The number of aryl methyl sites for hydroxylation is 3. The summed E-state index contributed by atoms with van der Waals surface area (Å²) in [5.74, 6) is 0.749. The highest BCUT2D eigenvalue weighted by molar-refractivity contribution is 5.81. The average molecular weight is 202 g/mol. The van der Waals surface area contributed by atoms with E-state index in [9.17, 15) is 4.79 Å². The molecule has 0 spiro atoms. The molecule has 78 valence electrons. The van der Waals surface area contributed by atoms with Crippen LogP contribution in [-0.4, -0.2) is 9.55 Å². The number of nitrogens with zero attached hydrogens (tertiary/aromatic N) is 2. The molecule has 0 radical (unpaired) electrons.